The Labute approximate surface area is 60.9 Å². The molecule has 7 nitrogen and oxygen atoms in total. The molecule has 3 N–H and O–H groups in total. The van der Waals surface area contributed by atoms with E-state index < -0.39 is 24.3 Å². The molecule has 0 saturated carbocycles. The Hall–Kier alpha value is -1.47. The maximum absolute atomic E-state index is 10.7. The van der Waals surface area contributed by atoms with Crippen LogP contribution < -0.4 is 10.9 Å². The molecule has 7 heteroatoms. The quantitative estimate of drug-likeness (QED) is 0.314. The van der Waals surface area contributed by atoms with Gasteiger partial charge in [-0.05, 0) is 0 Å². The number of imide groups is 2. The molecule has 0 bridgehead atoms. The third-order valence-corrected chi connectivity index (χ3v) is 1.11. The van der Waals surface area contributed by atoms with Gasteiger partial charge in [-0.25, -0.2) is 4.79 Å². The summed E-state index contributed by atoms with van der Waals surface area (Å²) < 4.78 is 0. The summed E-state index contributed by atoms with van der Waals surface area (Å²) in [6.45, 7) is 0. The Balaban J connectivity index is 2.74. The SMILES string of the molecule is O=C1CC(=O)N(NO)C(=O)N1. The van der Waals surface area contributed by atoms with E-state index in [1.807, 2.05) is 5.32 Å². The summed E-state index contributed by atoms with van der Waals surface area (Å²) in [6, 6.07) is -0.978. The number of hydrogen-bond acceptors (Lipinski definition) is 5. The molecule has 1 saturated heterocycles. The Morgan fingerprint density at radius 2 is 2.09 bits per heavy atom. The van der Waals surface area contributed by atoms with E-state index in [0.29, 0.717) is 5.01 Å². The molecule has 0 aliphatic carbocycles. The smallest absolute Gasteiger partial charge is 0.297 e. The lowest BCUT2D eigenvalue weighted by Crippen LogP contribution is -2.57. The van der Waals surface area contributed by atoms with E-state index in [-0.39, 0.29) is 0 Å². The van der Waals surface area contributed by atoms with Crippen LogP contribution in [0.25, 0.3) is 0 Å². The van der Waals surface area contributed by atoms with Crippen molar-refractivity contribution in [3.63, 3.8) is 0 Å². The number of amides is 4. The number of hydrogen-bond donors (Lipinski definition) is 3. The minimum absolute atomic E-state index is 0.307. The van der Waals surface area contributed by atoms with Gasteiger partial charge < -0.3 is 0 Å². The molecular weight excluding hydrogens is 154 g/mol. The molecule has 4 amide bonds. The first kappa shape index (κ1) is 7.63. The first-order valence-electron chi connectivity index (χ1n) is 2.71. The molecule has 0 spiro atoms. The van der Waals surface area contributed by atoms with Crippen LogP contribution in [0, 0.1) is 0 Å². The largest absolute Gasteiger partial charge is 0.347 e. The molecule has 1 aliphatic rings. The van der Waals surface area contributed by atoms with Crippen LogP contribution in [-0.2, 0) is 9.59 Å². The molecule has 0 radical (unpaired) electrons. The summed E-state index contributed by atoms with van der Waals surface area (Å²) in [5.41, 5.74) is 1.34. The fourth-order valence-electron chi connectivity index (χ4n) is 0.650. The van der Waals surface area contributed by atoms with E-state index >= 15 is 0 Å². The monoisotopic (exact) mass is 159 g/mol. The van der Waals surface area contributed by atoms with Gasteiger partial charge in [0.2, 0.25) is 5.91 Å². The lowest BCUT2D eigenvalue weighted by molar-refractivity contribution is -0.144. The van der Waals surface area contributed by atoms with Gasteiger partial charge in [-0.2, -0.15) is 5.01 Å². The molecule has 1 fully saturated rings. The van der Waals surface area contributed by atoms with Gasteiger partial charge in [-0.1, -0.05) is 0 Å². The van der Waals surface area contributed by atoms with Gasteiger partial charge in [0.1, 0.15) is 6.42 Å². The Kier molecular flexibility index (Phi) is 1.83. The van der Waals surface area contributed by atoms with Crippen molar-refractivity contribution in [2.45, 2.75) is 6.42 Å². The van der Waals surface area contributed by atoms with E-state index in [0.717, 1.165) is 0 Å². The van der Waals surface area contributed by atoms with Crippen molar-refractivity contribution in [2.75, 3.05) is 0 Å². The highest BCUT2D eigenvalue weighted by atomic mass is 16.5. The summed E-state index contributed by atoms with van der Waals surface area (Å²) in [4.78, 5) is 31.7. The molecule has 60 valence electrons. The van der Waals surface area contributed by atoms with Crippen molar-refractivity contribution in [1.82, 2.24) is 15.9 Å². The zero-order chi connectivity index (χ0) is 8.43. The zero-order valence-corrected chi connectivity index (χ0v) is 5.33. The number of nitrogens with one attached hydrogen (secondary N) is 2. The highest BCUT2D eigenvalue weighted by Crippen LogP contribution is 1.97. The number of rotatable bonds is 1. The van der Waals surface area contributed by atoms with Gasteiger partial charge in [0.15, 0.2) is 0 Å². The van der Waals surface area contributed by atoms with Crippen molar-refractivity contribution in [3.8, 4) is 0 Å². The zero-order valence-electron chi connectivity index (χ0n) is 5.33. The van der Waals surface area contributed by atoms with Crippen LogP contribution in [0.5, 0.6) is 0 Å². The molecule has 0 aromatic carbocycles. The summed E-state index contributed by atoms with van der Waals surface area (Å²) in [6.07, 6.45) is -0.445. The molecule has 0 aromatic rings. The van der Waals surface area contributed by atoms with Crippen LogP contribution in [0.3, 0.4) is 0 Å². The standard InChI is InChI=1S/C4H5N3O4/c8-2-1-3(9)7(6-11)4(10)5-2/h6,11H,1H2,(H,5,8,10). The van der Waals surface area contributed by atoms with Crippen molar-refractivity contribution < 1.29 is 19.6 Å². The number of hydrazine groups is 1. The van der Waals surface area contributed by atoms with Crippen LogP contribution >= 0.6 is 0 Å². The van der Waals surface area contributed by atoms with Crippen molar-refractivity contribution in [1.29, 1.82) is 0 Å². The molecular formula is C4H5N3O4. The Morgan fingerprint density at radius 3 is 2.55 bits per heavy atom. The van der Waals surface area contributed by atoms with Gasteiger partial charge in [-0.3, -0.25) is 20.1 Å². The third kappa shape index (κ3) is 1.33. The topological polar surface area (TPSA) is 98.7 Å². The fraction of sp³-hybridized carbons (Fsp3) is 0.250. The van der Waals surface area contributed by atoms with Gasteiger partial charge in [0.05, 0.1) is 0 Å². The fourth-order valence-corrected chi connectivity index (χ4v) is 0.650. The summed E-state index contributed by atoms with van der Waals surface area (Å²) in [5.74, 6) is -1.47. The average Bonchev–Trinajstić information content (AvgIpc) is 1.85. The molecule has 0 atom stereocenters. The van der Waals surface area contributed by atoms with Crippen LogP contribution in [-0.4, -0.2) is 28.1 Å². The van der Waals surface area contributed by atoms with E-state index in [1.54, 1.807) is 0 Å². The van der Waals surface area contributed by atoms with Crippen molar-refractivity contribution in [3.05, 3.63) is 0 Å². The van der Waals surface area contributed by atoms with Crippen molar-refractivity contribution in [2.24, 2.45) is 0 Å². The molecule has 11 heavy (non-hydrogen) atoms. The third-order valence-electron chi connectivity index (χ3n) is 1.11. The van der Waals surface area contributed by atoms with E-state index in [2.05, 4.69) is 0 Å². The number of barbiturate groups is 1. The minimum Gasteiger partial charge on any atom is -0.297 e. The minimum atomic E-state index is -0.978. The predicted octanol–water partition coefficient (Wildman–Crippen LogP) is -1.65. The maximum atomic E-state index is 10.7. The highest BCUT2D eigenvalue weighted by molar-refractivity contribution is 6.13. The van der Waals surface area contributed by atoms with Crippen molar-refractivity contribution >= 4 is 17.8 Å². The van der Waals surface area contributed by atoms with Crippen LogP contribution in [0.2, 0.25) is 0 Å². The van der Waals surface area contributed by atoms with E-state index in [9.17, 15) is 14.4 Å². The lowest BCUT2D eigenvalue weighted by atomic mass is 10.3. The second kappa shape index (κ2) is 2.64. The number of carbonyl (C=O) groups excluding carboxylic acids is 3. The van der Waals surface area contributed by atoms with Gasteiger partial charge >= 0.3 is 6.03 Å². The molecule has 1 aliphatic heterocycles. The number of nitrogens with zero attached hydrogens (tertiary/aromatic N) is 1. The molecule has 1 heterocycles. The van der Waals surface area contributed by atoms with Crippen LogP contribution in [0.15, 0.2) is 0 Å². The number of carbonyl (C=O) groups is 3. The lowest BCUT2D eigenvalue weighted by Gasteiger charge is -2.21. The second-order valence-electron chi connectivity index (χ2n) is 1.86. The predicted molar refractivity (Wildman–Crippen MR) is 29.9 cm³/mol. The van der Waals surface area contributed by atoms with Gasteiger partial charge in [0, 0.05) is 0 Å². The highest BCUT2D eigenvalue weighted by Gasteiger charge is 2.30. The number of urea groups is 1. The van der Waals surface area contributed by atoms with E-state index in [4.69, 9.17) is 5.21 Å². The molecule has 0 aromatic heterocycles. The van der Waals surface area contributed by atoms with Crippen LogP contribution in [0.4, 0.5) is 4.79 Å². The first-order valence-corrected chi connectivity index (χ1v) is 2.71. The Bertz CT molecular complexity index is 205. The summed E-state index contributed by atoms with van der Waals surface area (Å²) >= 11 is 0. The molecule has 0 unspecified atom stereocenters. The first-order chi connectivity index (χ1) is 5.15. The summed E-state index contributed by atoms with van der Waals surface area (Å²) in [7, 11) is 0. The normalized spacial score (nSPS) is 18.6. The maximum Gasteiger partial charge on any atom is 0.347 e. The van der Waals surface area contributed by atoms with Crippen LogP contribution in [0.1, 0.15) is 6.42 Å². The average molecular weight is 159 g/mol. The van der Waals surface area contributed by atoms with Gasteiger partial charge in [-0.15, -0.1) is 5.59 Å². The van der Waals surface area contributed by atoms with E-state index in [1.165, 1.54) is 5.59 Å². The molecule has 1 rings (SSSR count). The van der Waals surface area contributed by atoms with Gasteiger partial charge in [0.25, 0.3) is 5.91 Å². The summed E-state index contributed by atoms with van der Waals surface area (Å²) in [5, 5.41) is 10.3. The second-order valence-corrected chi connectivity index (χ2v) is 1.86. The Morgan fingerprint density at radius 1 is 1.45 bits per heavy atom.